The van der Waals surface area contributed by atoms with E-state index >= 15 is 8.78 Å². The second kappa shape index (κ2) is 53.4. The van der Waals surface area contributed by atoms with Crippen molar-refractivity contribution in [2.24, 2.45) is 73.2 Å². The second-order valence-electron chi connectivity index (χ2n) is 29.8. The number of hydrogen-bond donors (Lipinski definition) is 2. The Morgan fingerprint density at radius 1 is 0.293 bits per heavy atom. The van der Waals surface area contributed by atoms with Crippen molar-refractivity contribution in [3.05, 3.63) is 125 Å². The molecule has 38 atom stereocenters. The number of alkyl halides is 2. The van der Waals surface area contributed by atoms with Gasteiger partial charge in [-0.2, -0.15) is 0 Å². The zero-order valence-electron chi connectivity index (χ0n) is 72.4. The fraction of sp³-hybridized carbons (Fsp3) is 0.879. The van der Waals surface area contributed by atoms with E-state index in [-0.39, 0.29) is 32.4 Å². The Balaban J connectivity index is 0.000000340. The van der Waals surface area contributed by atoms with E-state index in [9.17, 15) is 70.7 Å². The topological polar surface area (TPSA) is 938 Å². The van der Waals surface area contributed by atoms with Crippen molar-refractivity contribution < 1.29 is 147 Å². The summed E-state index contributed by atoms with van der Waals surface area (Å²) in [5.74, 6) is -8.57. The lowest BCUT2D eigenvalue weighted by atomic mass is 9.83. The van der Waals surface area contributed by atoms with E-state index in [0.717, 1.165) is 55.4 Å². The molecule has 0 radical (unpaired) electrons. The maximum absolute atomic E-state index is 16.0. The summed E-state index contributed by atoms with van der Waals surface area (Å²) < 4.78 is 140. The average Bonchev–Trinajstić information content (AvgIpc) is 1.73. The molecule has 2 aliphatic carbocycles. The Morgan fingerprint density at radius 3 is 0.925 bits per heavy atom. The van der Waals surface area contributed by atoms with Gasteiger partial charge in [0.2, 0.25) is 0 Å². The highest BCUT2D eigenvalue weighted by Gasteiger charge is 2.61. The molecule has 6 aliphatic heterocycles. The molecule has 65 nitrogen and oxygen atoms in total. The van der Waals surface area contributed by atoms with Crippen LogP contribution < -0.4 is 0 Å². The Labute approximate surface area is 746 Å². The molecule has 0 aromatic carbocycles. The minimum Gasteiger partial charge on any atom is -0.459 e. The van der Waals surface area contributed by atoms with Crippen LogP contribution in [0.2, 0.25) is 0 Å². The highest BCUT2D eigenvalue weighted by Crippen LogP contribution is 2.44. The third kappa shape index (κ3) is 29.4. The Bertz CT molecular complexity index is 4700. The van der Waals surface area contributed by atoms with Crippen LogP contribution in [-0.4, -0.2) is 305 Å². The lowest BCUT2D eigenvalue weighted by molar-refractivity contribution is -0.299. The van der Waals surface area contributed by atoms with Crippen LogP contribution in [0.25, 0.3) is 125 Å². The number of rotatable bonds is 36. The number of ether oxygens (including phenoxy) is 19. The van der Waals surface area contributed by atoms with Gasteiger partial charge >= 0.3 is 47.8 Å². The molecular weight excluding hydrogens is 1800 g/mol. The quantitative estimate of drug-likeness (QED) is 0.0194. The van der Waals surface area contributed by atoms with Crippen molar-refractivity contribution in [1.82, 2.24) is 0 Å². The number of carbonyl (C=O) groups excluding carboxylic acids is 8. The van der Waals surface area contributed by atoms with Crippen LogP contribution in [0.1, 0.15) is 109 Å². The number of carbonyl (C=O) groups is 8. The van der Waals surface area contributed by atoms with Crippen LogP contribution in [0.5, 0.6) is 0 Å². The third-order valence-corrected chi connectivity index (χ3v) is 21.1. The van der Waals surface area contributed by atoms with Crippen LogP contribution in [0.4, 0.5) is 8.78 Å². The molecule has 2 unspecified atom stereocenters. The molecule has 2 N–H and O–H groups in total. The number of aliphatic hydroxyl groups is 2. The van der Waals surface area contributed by atoms with Gasteiger partial charge in [0, 0.05) is 126 Å². The smallest absolute Gasteiger partial charge is 0.303 e. The first-order valence-corrected chi connectivity index (χ1v) is 40.1. The van der Waals surface area contributed by atoms with E-state index in [2.05, 4.69) is 120 Å². The van der Waals surface area contributed by atoms with Gasteiger partial charge in [0.1, 0.15) is 85.3 Å². The Kier molecular flexibility index (Phi) is 43.6. The summed E-state index contributed by atoms with van der Waals surface area (Å²) in [5, 5.41) is 63.7. The molecule has 8 fully saturated rings. The molecule has 6 heterocycles. The standard InChI is InChI=1S/C33H45FN18O14.C18H26N6O10.C15H21FN12O5/c1-7-18-26(65-32-23(46-52-40)28(59-14(5)55)27(58-13(4)54)20(63-32)10-42-48-36)30(60-15(6)56)33(61-18)66-29-24(57-12(3)53)16(43-49-37)8-17(44-50-38)25(29)64-31-22(45-51-39)21(34)11(2)19(62-31)9-41-47-35;1-5-10-13(16(17(28)32-10)31-9(4)27)34-18-12(22-24-20)15(30-8(3)26)14(29-7(2)25)11(33-18)6-21-23-19;1-5-9(4-21-25-17)32-15(11(10(5)16)24-28-20)33-14-8(23-27-19)3-7(22-26-18)13(12(14)30)31-6(2)29/h11,16-33H,7-10H2,1-6H3;10-18,28H,5-6H2,1-4H3;5,7-15,30H,3-4H2,1-2H3/t11-,16-,17+,18-,19-,20+,21-,22-,23-,24+,25-,26-,27-,28-,29-,30-,31-,32-,33+;10-,11+,12-,13-,14-,15-,16?,17?,18-;5-,7-,8+,9-,10-,11-,12-,13+,14-,15-/m111/s1. The Hall–Kier alpha value is -13.2. The SMILES string of the molecule is CC(=O)O[C@@H]1[C@@H](O)[C@H](O[C@H]2O[C@H](CN=[N+]=[N-])[C@@H](C)[C@@H](F)[C@H]2N=[N+]=[N-])[C@@H](N=[N+]=[N-])C[C@H]1N=[N+]=[N-].CC[C@H]1OC(O)C(OC(C)=O)[C@@H]1O[C@H]1O[C@@H](CN=[N+]=[N-])[C@@H](OC(C)=O)[C@H](OC(C)=O)[C@H]1N=[N+]=[N-].CC[C@H]1O[C@@H](O[C@@H]2[C@@H](OC(C)=O)[C@H](N=[N+]=[N-])C[C@H](N=[N+]=[N-])[C@H]2O[C@H]2O[C@H](CN=[N+]=[N-])[C@@H](C)[C@@H](F)[C@H]2N=[N+]=[N-])[C@H](OC(C)=O)[C@@H]1O[C@H]1O[C@@H](CN=[N+]=[N-])[C@@H](OC(C)=O)[C@H](OC(C)=O)[C@H]1N=[N+]=[N-]. The van der Waals surface area contributed by atoms with Crippen molar-refractivity contribution >= 4 is 47.8 Å². The summed E-state index contributed by atoms with van der Waals surface area (Å²) in [4.78, 5) is 129. The number of hydrogen-bond acceptors (Lipinski definition) is 41. The summed E-state index contributed by atoms with van der Waals surface area (Å²) in [7, 11) is 0. The first-order valence-electron chi connectivity index (χ1n) is 40.1. The third-order valence-electron chi connectivity index (χ3n) is 21.1. The van der Waals surface area contributed by atoms with Crippen LogP contribution in [-0.2, 0) is 128 Å². The van der Waals surface area contributed by atoms with Gasteiger partial charge in [-0.25, -0.2) is 8.78 Å². The van der Waals surface area contributed by atoms with E-state index in [4.69, 9.17) is 134 Å². The van der Waals surface area contributed by atoms with Gasteiger partial charge in [-0.1, -0.05) is 89.1 Å². The highest BCUT2D eigenvalue weighted by atomic mass is 19.1. The molecule has 67 heteroatoms. The highest BCUT2D eigenvalue weighted by molar-refractivity contribution is 5.69. The predicted octanol–water partition coefficient (Wildman–Crippen LogP) is 9.29. The summed E-state index contributed by atoms with van der Waals surface area (Å²) in [6.45, 7) is 13.2. The fourth-order valence-electron chi connectivity index (χ4n) is 15.6. The van der Waals surface area contributed by atoms with Crippen molar-refractivity contribution in [2.75, 3.05) is 26.2 Å². The number of halogens is 2. The van der Waals surface area contributed by atoms with Crippen LogP contribution >= 0.6 is 0 Å². The molecular formula is C66H92F2N36O29. The van der Waals surface area contributed by atoms with E-state index in [1.54, 1.807) is 13.8 Å². The van der Waals surface area contributed by atoms with Gasteiger partial charge < -0.3 is 100 Å². The average molecular weight is 1890 g/mol. The minimum absolute atomic E-state index is 0.0415. The summed E-state index contributed by atoms with van der Waals surface area (Å²) in [6, 6.07) is -11.3. The van der Waals surface area contributed by atoms with E-state index in [1.165, 1.54) is 13.8 Å². The molecule has 0 bridgehead atoms. The molecule has 0 aromatic rings. The van der Waals surface area contributed by atoms with Gasteiger partial charge in [0.05, 0.1) is 87.0 Å². The monoisotopic (exact) mass is 1890 g/mol. The molecule has 8 aliphatic rings. The largest absolute Gasteiger partial charge is 0.459 e. The zero-order chi connectivity index (χ0) is 98.6. The van der Waals surface area contributed by atoms with E-state index in [1.807, 2.05) is 0 Å². The number of nitrogens with zero attached hydrogens (tertiary/aromatic N) is 36. The van der Waals surface area contributed by atoms with Crippen LogP contribution in [0.3, 0.4) is 0 Å². The zero-order valence-corrected chi connectivity index (χ0v) is 72.4. The second-order valence-corrected chi connectivity index (χ2v) is 29.8. The van der Waals surface area contributed by atoms with Gasteiger partial charge in [-0.3, -0.25) is 38.4 Å². The van der Waals surface area contributed by atoms with E-state index in [0.29, 0.717) is 6.42 Å². The van der Waals surface area contributed by atoms with Crippen molar-refractivity contribution in [1.29, 1.82) is 0 Å². The van der Waals surface area contributed by atoms with Crippen molar-refractivity contribution in [3.8, 4) is 0 Å². The fourth-order valence-corrected chi connectivity index (χ4v) is 15.6. The Morgan fingerprint density at radius 2 is 0.556 bits per heavy atom. The van der Waals surface area contributed by atoms with Crippen molar-refractivity contribution in [2.45, 2.75) is 329 Å². The minimum atomic E-state index is -1.97. The van der Waals surface area contributed by atoms with Crippen LogP contribution in [0, 0.1) is 11.8 Å². The van der Waals surface area contributed by atoms with Crippen molar-refractivity contribution in [3.63, 3.8) is 0 Å². The maximum atomic E-state index is 16.0. The predicted molar refractivity (Wildman–Crippen MR) is 426 cm³/mol. The first kappa shape index (κ1) is 109. The van der Waals surface area contributed by atoms with Gasteiger partial charge in [-0.05, 0) is 92.1 Å². The first-order chi connectivity index (χ1) is 63.5. The summed E-state index contributed by atoms with van der Waals surface area (Å²) >= 11 is 0. The number of azide groups is 12. The number of esters is 8. The maximum Gasteiger partial charge on any atom is 0.303 e. The molecule has 6 saturated heterocycles. The van der Waals surface area contributed by atoms with Gasteiger partial charge in [-0.15, -0.1) is 0 Å². The molecule has 724 valence electrons. The molecule has 0 amide bonds. The van der Waals surface area contributed by atoms with E-state index < -0.39 is 293 Å². The molecule has 0 aromatic heterocycles. The normalized spacial score (nSPS) is 36.6. The molecule has 2 saturated carbocycles. The van der Waals surface area contributed by atoms with Gasteiger partial charge in [0.25, 0.3) is 0 Å². The molecule has 0 spiro atoms. The summed E-state index contributed by atoms with van der Waals surface area (Å²) in [6.07, 6.45) is -41.3. The van der Waals surface area contributed by atoms with Gasteiger partial charge in [0.15, 0.2) is 74.4 Å². The lowest BCUT2D eigenvalue weighted by Crippen LogP contribution is -2.63. The number of aliphatic hydroxyl groups excluding tert-OH is 2. The molecule has 133 heavy (non-hydrogen) atoms. The summed E-state index contributed by atoms with van der Waals surface area (Å²) in [5.41, 5.74) is 109. The van der Waals surface area contributed by atoms with Crippen LogP contribution in [0.15, 0.2) is 61.4 Å². The molecule has 8 rings (SSSR count). The lowest BCUT2D eigenvalue weighted by Gasteiger charge is -2.47.